The fraction of sp³-hybridized carbons (Fsp3) is 0.286. The van der Waals surface area contributed by atoms with Gasteiger partial charge in [0.25, 0.3) is 0 Å². The number of benzene rings is 2. The van der Waals surface area contributed by atoms with E-state index in [-0.39, 0.29) is 11.5 Å². The molecule has 1 N–H and O–H groups in total. The van der Waals surface area contributed by atoms with E-state index < -0.39 is 0 Å². The molecule has 0 aliphatic rings. The molecular formula is C21H24O2. The van der Waals surface area contributed by atoms with Crippen LogP contribution in [0.1, 0.15) is 48.0 Å². The normalized spacial score (nSPS) is 11.0. The second kappa shape index (κ2) is 9.62. The van der Waals surface area contributed by atoms with Crippen molar-refractivity contribution in [1.29, 1.82) is 0 Å². The van der Waals surface area contributed by atoms with Gasteiger partial charge in [-0.1, -0.05) is 49.2 Å². The van der Waals surface area contributed by atoms with Crippen molar-refractivity contribution in [3.8, 4) is 5.75 Å². The summed E-state index contributed by atoms with van der Waals surface area (Å²) in [6, 6.07) is 16.9. The Hall–Kier alpha value is -2.35. The van der Waals surface area contributed by atoms with Gasteiger partial charge in [0.2, 0.25) is 0 Å². The number of aromatic hydroxyl groups is 1. The molecule has 0 aliphatic heterocycles. The predicted octanol–water partition coefficient (Wildman–Crippen LogP) is 5.32. The first-order valence-electron chi connectivity index (χ1n) is 8.29. The average Bonchev–Trinajstić information content (AvgIpc) is 2.58. The quantitative estimate of drug-likeness (QED) is 0.386. The van der Waals surface area contributed by atoms with Crippen LogP contribution in [0.3, 0.4) is 0 Å². The lowest BCUT2D eigenvalue weighted by Crippen LogP contribution is -1.93. The Bertz CT molecular complexity index is 612. The van der Waals surface area contributed by atoms with Crippen molar-refractivity contribution in [1.82, 2.24) is 0 Å². The van der Waals surface area contributed by atoms with Crippen molar-refractivity contribution in [2.45, 2.75) is 38.5 Å². The molecule has 0 radical (unpaired) electrons. The van der Waals surface area contributed by atoms with Gasteiger partial charge in [0, 0.05) is 5.56 Å². The number of allylic oxidation sites excluding steroid dienone is 2. The van der Waals surface area contributed by atoms with Gasteiger partial charge in [-0.15, -0.1) is 0 Å². The zero-order valence-corrected chi connectivity index (χ0v) is 13.4. The molecule has 0 fully saturated rings. The fourth-order valence-corrected chi connectivity index (χ4v) is 2.50. The summed E-state index contributed by atoms with van der Waals surface area (Å²) in [5.74, 6) is 0.176. The number of phenols is 1. The number of carbonyl (C=O) groups is 1. The van der Waals surface area contributed by atoms with Crippen LogP contribution in [0.25, 0.3) is 0 Å². The van der Waals surface area contributed by atoms with Crippen molar-refractivity contribution < 1.29 is 9.90 Å². The molecule has 0 amide bonds. The summed E-state index contributed by atoms with van der Waals surface area (Å²) in [5, 5.41) is 9.20. The van der Waals surface area contributed by atoms with Crippen LogP contribution in [0, 0.1) is 0 Å². The Morgan fingerprint density at radius 2 is 1.57 bits per heavy atom. The van der Waals surface area contributed by atoms with Crippen LogP contribution in [0.2, 0.25) is 0 Å². The van der Waals surface area contributed by atoms with Crippen molar-refractivity contribution in [2.24, 2.45) is 0 Å². The minimum Gasteiger partial charge on any atom is -0.508 e. The van der Waals surface area contributed by atoms with Gasteiger partial charge in [0.05, 0.1) is 0 Å². The molecule has 23 heavy (non-hydrogen) atoms. The molecule has 0 saturated carbocycles. The van der Waals surface area contributed by atoms with Gasteiger partial charge in [-0.2, -0.15) is 0 Å². The summed E-state index contributed by atoms with van der Waals surface area (Å²) in [7, 11) is 0. The third kappa shape index (κ3) is 6.52. The monoisotopic (exact) mass is 308 g/mol. The first-order chi connectivity index (χ1) is 11.3. The Labute approximate surface area is 138 Å². The van der Waals surface area contributed by atoms with Crippen LogP contribution < -0.4 is 0 Å². The third-order valence-electron chi connectivity index (χ3n) is 3.85. The van der Waals surface area contributed by atoms with E-state index in [4.69, 9.17) is 0 Å². The minimum atomic E-state index is -0.00548. The molecule has 2 heteroatoms. The van der Waals surface area contributed by atoms with E-state index in [1.165, 1.54) is 37.0 Å². The maximum atomic E-state index is 11.9. The molecule has 2 nitrogen and oxygen atoms in total. The van der Waals surface area contributed by atoms with Crippen molar-refractivity contribution >= 4 is 5.78 Å². The zero-order valence-electron chi connectivity index (χ0n) is 13.4. The highest BCUT2D eigenvalue weighted by atomic mass is 16.3. The molecule has 2 aromatic rings. The largest absolute Gasteiger partial charge is 0.508 e. The van der Waals surface area contributed by atoms with Crippen LogP contribution in [0.15, 0.2) is 66.7 Å². The molecule has 0 bridgehead atoms. The summed E-state index contributed by atoms with van der Waals surface area (Å²) in [5.41, 5.74) is 2.02. The molecule has 0 saturated heterocycles. The molecule has 0 atom stereocenters. The number of phenolic OH excluding ortho intramolecular Hbond substituents is 1. The third-order valence-corrected chi connectivity index (χ3v) is 3.85. The summed E-state index contributed by atoms with van der Waals surface area (Å²) < 4.78 is 0. The van der Waals surface area contributed by atoms with E-state index in [0.717, 1.165) is 19.3 Å². The highest BCUT2D eigenvalue weighted by molar-refractivity contribution is 6.04. The topological polar surface area (TPSA) is 37.3 Å². The summed E-state index contributed by atoms with van der Waals surface area (Å²) in [4.78, 5) is 11.9. The second-order valence-electron chi connectivity index (χ2n) is 5.75. The van der Waals surface area contributed by atoms with Gasteiger partial charge < -0.3 is 5.11 Å². The summed E-state index contributed by atoms with van der Waals surface area (Å²) >= 11 is 0. The van der Waals surface area contributed by atoms with Gasteiger partial charge in [0.15, 0.2) is 5.78 Å². The maximum absolute atomic E-state index is 11.9. The Morgan fingerprint density at radius 1 is 0.870 bits per heavy atom. The van der Waals surface area contributed by atoms with E-state index in [2.05, 4.69) is 30.3 Å². The first-order valence-corrected chi connectivity index (χ1v) is 8.29. The molecule has 0 heterocycles. The smallest absolute Gasteiger partial charge is 0.185 e. The van der Waals surface area contributed by atoms with Gasteiger partial charge in [-0.05, 0) is 61.6 Å². The molecule has 2 aromatic carbocycles. The molecule has 0 spiro atoms. The Morgan fingerprint density at radius 3 is 2.30 bits per heavy atom. The van der Waals surface area contributed by atoms with Crippen LogP contribution >= 0.6 is 0 Å². The number of carbonyl (C=O) groups excluding carboxylic acids is 1. The number of rotatable bonds is 9. The SMILES string of the molecule is O=C(/C=C/CCCCCCc1ccccc1)c1ccc(O)cc1. The van der Waals surface area contributed by atoms with E-state index in [1.54, 1.807) is 18.2 Å². The Balaban J connectivity index is 1.56. The molecule has 0 aliphatic carbocycles. The summed E-state index contributed by atoms with van der Waals surface area (Å²) in [6.07, 6.45) is 10.4. The van der Waals surface area contributed by atoms with E-state index in [9.17, 15) is 9.90 Å². The minimum absolute atomic E-state index is 0.00548. The lowest BCUT2D eigenvalue weighted by atomic mass is 10.1. The maximum Gasteiger partial charge on any atom is 0.185 e. The van der Waals surface area contributed by atoms with Gasteiger partial charge in [-0.25, -0.2) is 0 Å². The predicted molar refractivity (Wildman–Crippen MR) is 94.8 cm³/mol. The molecule has 0 unspecified atom stereocenters. The molecule has 120 valence electrons. The number of unbranched alkanes of at least 4 members (excludes halogenated alkanes) is 4. The molecule has 0 aromatic heterocycles. The zero-order chi connectivity index (χ0) is 16.3. The van der Waals surface area contributed by atoms with Gasteiger partial charge >= 0.3 is 0 Å². The fourth-order valence-electron chi connectivity index (χ4n) is 2.50. The number of aryl methyl sites for hydroxylation is 1. The van der Waals surface area contributed by atoms with E-state index in [0.29, 0.717) is 5.56 Å². The molecular weight excluding hydrogens is 284 g/mol. The second-order valence-corrected chi connectivity index (χ2v) is 5.75. The number of hydrogen-bond donors (Lipinski definition) is 1. The average molecular weight is 308 g/mol. The van der Waals surface area contributed by atoms with E-state index in [1.807, 2.05) is 6.08 Å². The van der Waals surface area contributed by atoms with E-state index >= 15 is 0 Å². The van der Waals surface area contributed by atoms with Crippen LogP contribution in [-0.4, -0.2) is 10.9 Å². The highest BCUT2D eigenvalue weighted by Crippen LogP contribution is 2.12. The first kappa shape index (κ1) is 17.0. The standard InChI is InChI=1S/C21H24O2/c22-20-16-14-19(15-17-20)21(23)13-9-4-2-1-3-6-10-18-11-7-5-8-12-18/h5,7-9,11-17,22H,1-4,6,10H2/b13-9+. The van der Waals surface area contributed by atoms with Gasteiger partial charge in [0.1, 0.15) is 5.75 Å². The highest BCUT2D eigenvalue weighted by Gasteiger charge is 2.00. The lowest BCUT2D eigenvalue weighted by Gasteiger charge is -2.01. The van der Waals surface area contributed by atoms with Crippen molar-refractivity contribution in [2.75, 3.05) is 0 Å². The number of hydrogen-bond acceptors (Lipinski definition) is 2. The number of ketones is 1. The van der Waals surface area contributed by atoms with Gasteiger partial charge in [-0.3, -0.25) is 4.79 Å². The van der Waals surface area contributed by atoms with Crippen LogP contribution in [0.5, 0.6) is 5.75 Å². The Kier molecular flexibility index (Phi) is 7.12. The molecule has 2 rings (SSSR count). The van der Waals surface area contributed by atoms with Crippen molar-refractivity contribution in [3.05, 3.63) is 77.9 Å². The summed E-state index contributed by atoms with van der Waals surface area (Å²) in [6.45, 7) is 0. The van der Waals surface area contributed by atoms with Crippen molar-refractivity contribution in [3.63, 3.8) is 0 Å². The van der Waals surface area contributed by atoms with Crippen LogP contribution in [0.4, 0.5) is 0 Å². The van der Waals surface area contributed by atoms with Crippen LogP contribution in [-0.2, 0) is 6.42 Å². The lowest BCUT2D eigenvalue weighted by molar-refractivity contribution is 0.104.